The number of nitrogens with zero attached hydrogens (tertiary/aromatic N) is 1. The Hall–Kier alpha value is -1.97. The molecule has 0 aliphatic heterocycles. The van der Waals surface area contributed by atoms with Crippen LogP contribution in [0.2, 0.25) is 0 Å². The van der Waals surface area contributed by atoms with Crippen molar-refractivity contribution >= 4 is 21.9 Å². The molecule has 0 aliphatic rings. The summed E-state index contributed by atoms with van der Waals surface area (Å²) in [6, 6.07) is 5.40. The van der Waals surface area contributed by atoms with Gasteiger partial charge in [-0.25, -0.2) is 8.42 Å². The number of hydrogen-bond donors (Lipinski definition) is 2. The molecule has 122 valence electrons. The van der Waals surface area contributed by atoms with Crippen molar-refractivity contribution in [3.63, 3.8) is 0 Å². The van der Waals surface area contributed by atoms with E-state index >= 15 is 0 Å². The molecule has 1 aromatic rings. The van der Waals surface area contributed by atoms with Crippen LogP contribution in [0.3, 0.4) is 0 Å². The average molecular weight is 330 g/mol. The van der Waals surface area contributed by atoms with Crippen molar-refractivity contribution in [3.8, 4) is 0 Å². The second-order valence-electron chi connectivity index (χ2n) is 4.43. The third-order valence-electron chi connectivity index (χ3n) is 2.75. The first kappa shape index (κ1) is 18.1. The molecule has 0 aromatic heterocycles. The molecule has 9 heteroatoms. The highest BCUT2D eigenvalue weighted by atomic mass is 32.2. The molecule has 0 saturated heterocycles. The molecule has 8 nitrogen and oxygen atoms in total. The Labute approximate surface area is 128 Å². The summed E-state index contributed by atoms with van der Waals surface area (Å²) in [5, 5.41) is 11.2. The molecule has 0 radical (unpaired) electrons. The van der Waals surface area contributed by atoms with Crippen LogP contribution < -0.4 is 5.32 Å². The van der Waals surface area contributed by atoms with Gasteiger partial charge in [-0.3, -0.25) is 9.59 Å². The Kier molecular flexibility index (Phi) is 6.47. The van der Waals surface area contributed by atoms with Gasteiger partial charge in [-0.15, -0.1) is 0 Å². The normalized spacial score (nSPS) is 11.4. The molecule has 1 rings (SSSR count). The predicted octanol–water partition coefficient (Wildman–Crippen LogP) is -0.232. The lowest BCUT2D eigenvalue weighted by Gasteiger charge is -2.15. The lowest BCUT2D eigenvalue weighted by molar-refractivity contribution is -0.137. The van der Waals surface area contributed by atoms with Crippen LogP contribution in [0.15, 0.2) is 29.2 Å². The largest absolute Gasteiger partial charge is 0.480 e. The smallest absolute Gasteiger partial charge is 0.318 e. The average Bonchev–Trinajstić information content (AvgIpc) is 2.46. The SMILES string of the molecule is COCCNC(=O)c1cccc(S(=O)(=O)N(C)CC(=O)O)c1. The molecule has 0 aliphatic carbocycles. The number of ether oxygens (including phenoxy) is 1. The zero-order valence-electron chi connectivity index (χ0n) is 12.3. The van der Waals surface area contributed by atoms with Crippen LogP contribution in [0.4, 0.5) is 0 Å². The molecule has 22 heavy (non-hydrogen) atoms. The van der Waals surface area contributed by atoms with E-state index in [9.17, 15) is 18.0 Å². The summed E-state index contributed by atoms with van der Waals surface area (Å²) < 4.78 is 29.9. The zero-order valence-corrected chi connectivity index (χ0v) is 13.1. The third-order valence-corrected chi connectivity index (χ3v) is 4.55. The molecular formula is C13H18N2O6S. The van der Waals surface area contributed by atoms with Gasteiger partial charge in [-0.05, 0) is 18.2 Å². The van der Waals surface area contributed by atoms with E-state index in [0.29, 0.717) is 17.5 Å². The van der Waals surface area contributed by atoms with Crippen LogP contribution in [0.1, 0.15) is 10.4 Å². The first-order valence-corrected chi connectivity index (χ1v) is 7.78. The second-order valence-corrected chi connectivity index (χ2v) is 6.48. The molecule has 1 aromatic carbocycles. The van der Waals surface area contributed by atoms with Crippen molar-refractivity contribution in [3.05, 3.63) is 29.8 Å². The van der Waals surface area contributed by atoms with Gasteiger partial charge in [0.1, 0.15) is 6.54 Å². The first-order valence-electron chi connectivity index (χ1n) is 6.34. The van der Waals surface area contributed by atoms with Crippen molar-refractivity contribution in [2.24, 2.45) is 0 Å². The van der Waals surface area contributed by atoms with Gasteiger partial charge in [0, 0.05) is 26.3 Å². The van der Waals surface area contributed by atoms with Crippen molar-refractivity contribution < 1.29 is 27.9 Å². The maximum absolute atomic E-state index is 12.2. The zero-order chi connectivity index (χ0) is 16.8. The Balaban J connectivity index is 2.95. The number of methoxy groups -OCH3 is 1. The number of benzene rings is 1. The first-order chi connectivity index (χ1) is 10.3. The molecule has 0 saturated carbocycles. The molecule has 1 amide bonds. The lowest BCUT2D eigenvalue weighted by atomic mass is 10.2. The van der Waals surface area contributed by atoms with Gasteiger partial charge in [0.05, 0.1) is 11.5 Å². The summed E-state index contributed by atoms with van der Waals surface area (Å²) in [5.74, 6) is -1.70. The molecule has 0 heterocycles. The molecule has 0 unspecified atom stereocenters. The van der Waals surface area contributed by atoms with E-state index in [4.69, 9.17) is 9.84 Å². The van der Waals surface area contributed by atoms with Crippen LogP contribution in [0.5, 0.6) is 0 Å². The van der Waals surface area contributed by atoms with E-state index in [-0.39, 0.29) is 10.5 Å². The summed E-state index contributed by atoms with van der Waals surface area (Å²) in [6.07, 6.45) is 0. The number of carboxylic acid groups (broad SMARTS) is 1. The van der Waals surface area contributed by atoms with Gasteiger partial charge in [-0.2, -0.15) is 4.31 Å². The molecule has 2 N–H and O–H groups in total. The minimum Gasteiger partial charge on any atom is -0.480 e. The number of carbonyl (C=O) groups excluding carboxylic acids is 1. The van der Waals surface area contributed by atoms with Gasteiger partial charge < -0.3 is 15.2 Å². The molecule has 0 bridgehead atoms. The number of aliphatic carboxylic acids is 1. The van der Waals surface area contributed by atoms with Gasteiger partial charge in [-0.1, -0.05) is 6.07 Å². The molecule has 0 atom stereocenters. The highest BCUT2D eigenvalue weighted by Gasteiger charge is 2.23. The number of carboxylic acids is 1. The highest BCUT2D eigenvalue weighted by molar-refractivity contribution is 7.89. The molecular weight excluding hydrogens is 312 g/mol. The number of carbonyl (C=O) groups is 2. The summed E-state index contributed by atoms with van der Waals surface area (Å²) in [7, 11) is -1.31. The fourth-order valence-corrected chi connectivity index (χ4v) is 2.79. The van der Waals surface area contributed by atoms with Gasteiger partial charge >= 0.3 is 5.97 Å². The van der Waals surface area contributed by atoms with E-state index in [2.05, 4.69) is 5.32 Å². The minimum atomic E-state index is -3.97. The van der Waals surface area contributed by atoms with Crippen LogP contribution in [-0.2, 0) is 19.6 Å². The minimum absolute atomic E-state index is 0.143. The fourth-order valence-electron chi connectivity index (χ4n) is 1.62. The highest BCUT2D eigenvalue weighted by Crippen LogP contribution is 2.15. The quantitative estimate of drug-likeness (QED) is 0.637. The number of hydrogen-bond acceptors (Lipinski definition) is 5. The number of amides is 1. The Morgan fingerprint density at radius 3 is 2.64 bits per heavy atom. The van der Waals surface area contributed by atoms with Crippen LogP contribution >= 0.6 is 0 Å². The predicted molar refractivity (Wildman–Crippen MR) is 78.1 cm³/mol. The topological polar surface area (TPSA) is 113 Å². The Morgan fingerprint density at radius 2 is 2.05 bits per heavy atom. The van der Waals surface area contributed by atoms with E-state index in [1.165, 1.54) is 31.4 Å². The van der Waals surface area contributed by atoms with Crippen LogP contribution in [0.25, 0.3) is 0 Å². The number of rotatable bonds is 8. The van der Waals surface area contributed by atoms with E-state index in [1.54, 1.807) is 0 Å². The van der Waals surface area contributed by atoms with E-state index in [1.807, 2.05) is 0 Å². The summed E-state index contributed by atoms with van der Waals surface area (Å²) in [6.45, 7) is -0.0249. The standard InChI is InChI=1S/C13H18N2O6S/c1-15(9-12(16)17)22(19,20)11-5-3-4-10(8-11)13(18)14-6-7-21-2/h3-5,8H,6-7,9H2,1-2H3,(H,14,18)(H,16,17). The van der Waals surface area contributed by atoms with Crippen molar-refractivity contribution in [2.45, 2.75) is 4.90 Å². The van der Waals surface area contributed by atoms with E-state index < -0.39 is 28.4 Å². The van der Waals surface area contributed by atoms with Crippen LogP contribution in [0, 0.1) is 0 Å². The Bertz CT molecular complexity index is 644. The third kappa shape index (κ3) is 4.79. The van der Waals surface area contributed by atoms with Crippen molar-refractivity contribution in [1.82, 2.24) is 9.62 Å². The summed E-state index contributed by atoms with van der Waals surface area (Å²) >= 11 is 0. The summed E-state index contributed by atoms with van der Waals surface area (Å²) in [5.41, 5.74) is 0.168. The maximum atomic E-state index is 12.2. The monoisotopic (exact) mass is 330 g/mol. The number of nitrogens with one attached hydrogen (secondary N) is 1. The van der Waals surface area contributed by atoms with Gasteiger partial charge in [0.25, 0.3) is 5.91 Å². The maximum Gasteiger partial charge on any atom is 0.318 e. The van der Waals surface area contributed by atoms with Crippen LogP contribution in [-0.4, -0.2) is 63.6 Å². The van der Waals surface area contributed by atoms with E-state index in [0.717, 1.165) is 7.05 Å². The number of sulfonamides is 1. The summed E-state index contributed by atoms with van der Waals surface area (Å²) in [4.78, 5) is 22.4. The van der Waals surface area contributed by atoms with Gasteiger partial charge in [0.2, 0.25) is 10.0 Å². The van der Waals surface area contributed by atoms with Gasteiger partial charge in [0.15, 0.2) is 0 Å². The van der Waals surface area contributed by atoms with Crippen molar-refractivity contribution in [2.75, 3.05) is 33.9 Å². The fraction of sp³-hybridized carbons (Fsp3) is 0.385. The second kappa shape index (κ2) is 7.87. The molecule has 0 fully saturated rings. The lowest BCUT2D eigenvalue weighted by Crippen LogP contribution is -2.32. The number of likely N-dealkylation sites (N-methyl/N-ethyl adjacent to an activating group) is 1. The Morgan fingerprint density at radius 1 is 1.36 bits per heavy atom. The van der Waals surface area contributed by atoms with Crippen molar-refractivity contribution in [1.29, 1.82) is 0 Å². The molecule has 0 spiro atoms.